The molecule has 1 saturated heterocycles. The maximum atomic E-state index is 5.71. The zero-order chi connectivity index (χ0) is 13.8. The van der Waals surface area contributed by atoms with Gasteiger partial charge >= 0.3 is 0 Å². The molecule has 1 aliphatic heterocycles. The van der Waals surface area contributed by atoms with E-state index in [1.54, 1.807) is 6.33 Å². The van der Waals surface area contributed by atoms with Gasteiger partial charge in [-0.15, -0.1) is 0 Å². The summed E-state index contributed by atoms with van der Waals surface area (Å²) >= 11 is 0. The lowest BCUT2D eigenvalue weighted by Gasteiger charge is -2.32. The Morgan fingerprint density at radius 2 is 2.11 bits per heavy atom. The van der Waals surface area contributed by atoms with E-state index < -0.39 is 0 Å². The van der Waals surface area contributed by atoms with Gasteiger partial charge in [0.15, 0.2) is 0 Å². The van der Waals surface area contributed by atoms with Gasteiger partial charge in [-0.1, -0.05) is 6.92 Å². The van der Waals surface area contributed by atoms with Crippen molar-refractivity contribution in [3.8, 4) is 0 Å². The smallest absolute Gasteiger partial charge is 0.134 e. The molecule has 5 nitrogen and oxygen atoms in total. The predicted octanol–water partition coefficient (Wildman–Crippen LogP) is 1.50. The lowest BCUT2D eigenvalue weighted by atomic mass is 9.99. The highest BCUT2D eigenvalue weighted by Gasteiger charge is 2.18. The fourth-order valence-electron chi connectivity index (χ4n) is 2.32. The van der Waals surface area contributed by atoms with Gasteiger partial charge in [-0.3, -0.25) is 0 Å². The van der Waals surface area contributed by atoms with Gasteiger partial charge in [0.05, 0.1) is 0 Å². The van der Waals surface area contributed by atoms with Crippen LogP contribution in [-0.2, 0) is 0 Å². The molecular weight excluding hydrogens is 238 g/mol. The summed E-state index contributed by atoms with van der Waals surface area (Å²) in [6.07, 6.45) is 4.14. The maximum absolute atomic E-state index is 5.71. The third-order valence-electron chi connectivity index (χ3n) is 4.11. The number of nitrogens with zero attached hydrogens (tertiary/aromatic N) is 4. The highest BCUT2D eigenvalue weighted by atomic mass is 15.2. The Morgan fingerprint density at radius 3 is 2.74 bits per heavy atom. The van der Waals surface area contributed by atoms with E-state index in [4.69, 9.17) is 5.73 Å². The number of hydrogen-bond donors (Lipinski definition) is 1. The van der Waals surface area contributed by atoms with Gasteiger partial charge < -0.3 is 15.5 Å². The molecule has 0 saturated carbocycles. The van der Waals surface area contributed by atoms with E-state index in [0.29, 0.717) is 6.54 Å². The highest BCUT2D eigenvalue weighted by Crippen LogP contribution is 2.23. The third-order valence-corrected chi connectivity index (χ3v) is 4.11. The van der Waals surface area contributed by atoms with E-state index in [1.165, 1.54) is 12.8 Å². The van der Waals surface area contributed by atoms with Crippen LogP contribution in [0.2, 0.25) is 0 Å². The van der Waals surface area contributed by atoms with Crippen LogP contribution < -0.4 is 15.5 Å². The van der Waals surface area contributed by atoms with E-state index in [9.17, 15) is 0 Å². The Bertz CT molecular complexity index is 401. The molecule has 1 aromatic rings. The molecule has 1 unspecified atom stereocenters. The van der Waals surface area contributed by atoms with Crippen LogP contribution in [0.15, 0.2) is 12.4 Å². The summed E-state index contributed by atoms with van der Waals surface area (Å²) in [6, 6.07) is 2.35. The van der Waals surface area contributed by atoms with Gasteiger partial charge in [0, 0.05) is 38.8 Å². The van der Waals surface area contributed by atoms with Crippen LogP contribution in [0.25, 0.3) is 0 Å². The normalized spacial score (nSPS) is 18.4. The van der Waals surface area contributed by atoms with Crippen molar-refractivity contribution >= 4 is 11.6 Å². The maximum Gasteiger partial charge on any atom is 0.134 e. The highest BCUT2D eigenvalue weighted by molar-refractivity contribution is 5.50. The molecule has 0 radical (unpaired) electrons. The summed E-state index contributed by atoms with van der Waals surface area (Å²) in [5.41, 5.74) is 5.71. The zero-order valence-electron chi connectivity index (χ0n) is 12.2. The summed E-state index contributed by atoms with van der Waals surface area (Å²) in [5.74, 6) is 2.81. The van der Waals surface area contributed by atoms with E-state index >= 15 is 0 Å². The van der Waals surface area contributed by atoms with Crippen LogP contribution in [0.5, 0.6) is 0 Å². The van der Waals surface area contributed by atoms with Gasteiger partial charge in [0.1, 0.15) is 18.0 Å². The second-order valence-electron chi connectivity index (χ2n) is 5.60. The quantitative estimate of drug-likeness (QED) is 0.892. The zero-order valence-corrected chi connectivity index (χ0v) is 12.2. The predicted molar refractivity (Wildman–Crippen MR) is 79.6 cm³/mol. The first kappa shape index (κ1) is 14.1. The second-order valence-corrected chi connectivity index (χ2v) is 5.60. The first-order valence-corrected chi connectivity index (χ1v) is 7.11. The number of anilines is 2. The van der Waals surface area contributed by atoms with Crippen LogP contribution in [0.1, 0.15) is 26.7 Å². The molecule has 106 valence electrons. The molecule has 1 atom stereocenters. The molecule has 0 spiro atoms. The molecule has 1 fully saturated rings. The van der Waals surface area contributed by atoms with Gasteiger partial charge in [0.25, 0.3) is 0 Å². The number of likely N-dealkylation sites (N-methyl/N-ethyl adjacent to an activating group) is 1. The van der Waals surface area contributed by atoms with Crippen LogP contribution >= 0.6 is 0 Å². The third kappa shape index (κ3) is 3.35. The van der Waals surface area contributed by atoms with Crippen molar-refractivity contribution in [3.05, 3.63) is 12.4 Å². The molecule has 0 aromatic carbocycles. The summed E-state index contributed by atoms with van der Waals surface area (Å²) < 4.78 is 0. The molecule has 0 aliphatic carbocycles. The minimum Gasteiger partial charge on any atom is -0.356 e. The Morgan fingerprint density at radius 1 is 1.42 bits per heavy atom. The molecule has 2 heterocycles. The Hall–Kier alpha value is -1.36. The largest absolute Gasteiger partial charge is 0.356 e. The lowest BCUT2D eigenvalue weighted by Crippen LogP contribution is -2.36. The van der Waals surface area contributed by atoms with E-state index in [2.05, 4.69) is 39.7 Å². The van der Waals surface area contributed by atoms with Gasteiger partial charge in [-0.05, 0) is 25.7 Å². The van der Waals surface area contributed by atoms with Gasteiger partial charge in [-0.2, -0.15) is 0 Å². The van der Waals surface area contributed by atoms with Crippen molar-refractivity contribution in [2.24, 2.45) is 11.7 Å². The number of aromatic nitrogens is 2. The molecule has 1 aliphatic rings. The van der Waals surface area contributed by atoms with E-state index in [0.717, 1.165) is 30.6 Å². The van der Waals surface area contributed by atoms with Crippen molar-refractivity contribution < 1.29 is 0 Å². The van der Waals surface area contributed by atoms with Crippen LogP contribution in [-0.4, -0.2) is 42.7 Å². The summed E-state index contributed by atoms with van der Waals surface area (Å²) in [5, 5.41) is 0. The van der Waals surface area contributed by atoms with Crippen molar-refractivity contribution in [1.29, 1.82) is 0 Å². The molecule has 0 bridgehead atoms. The Labute approximate surface area is 115 Å². The molecular formula is C14H25N5. The van der Waals surface area contributed by atoms with Crippen molar-refractivity contribution in [3.63, 3.8) is 0 Å². The number of nitrogens with two attached hydrogens (primary N) is 1. The second kappa shape index (κ2) is 6.19. The SMILES string of the molecule is CC1CCN(c2cc(N(C)C(C)CN)ncn2)CC1. The van der Waals surface area contributed by atoms with E-state index in [-0.39, 0.29) is 6.04 Å². The molecule has 2 rings (SSSR count). The molecule has 5 heteroatoms. The number of rotatable bonds is 4. The van der Waals surface area contributed by atoms with Crippen molar-refractivity contribution in [1.82, 2.24) is 9.97 Å². The van der Waals surface area contributed by atoms with Crippen LogP contribution in [0, 0.1) is 5.92 Å². The lowest BCUT2D eigenvalue weighted by molar-refractivity contribution is 0.436. The fraction of sp³-hybridized carbons (Fsp3) is 0.714. The monoisotopic (exact) mass is 263 g/mol. The number of hydrogen-bond acceptors (Lipinski definition) is 5. The summed E-state index contributed by atoms with van der Waals surface area (Å²) in [4.78, 5) is 13.2. The van der Waals surface area contributed by atoms with Crippen molar-refractivity contribution in [2.45, 2.75) is 32.7 Å². The first-order valence-electron chi connectivity index (χ1n) is 7.11. The van der Waals surface area contributed by atoms with E-state index in [1.807, 2.05) is 7.05 Å². The van der Waals surface area contributed by atoms with Crippen molar-refractivity contribution in [2.75, 3.05) is 36.5 Å². The number of piperidine rings is 1. The molecule has 1 aromatic heterocycles. The van der Waals surface area contributed by atoms with Gasteiger partial charge in [-0.25, -0.2) is 9.97 Å². The minimum absolute atomic E-state index is 0.282. The summed E-state index contributed by atoms with van der Waals surface area (Å²) in [6.45, 7) is 7.22. The fourth-order valence-corrected chi connectivity index (χ4v) is 2.32. The van der Waals surface area contributed by atoms with Crippen LogP contribution in [0.3, 0.4) is 0 Å². The average molecular weight is 263 g/mol. The average Bonchev–Trinajstić information content (AvgIpc) is 2.46. The Balaban J connectivity index is 2.10. The minimum atomic E-state index is 0.282. The first-order chi connectivity index (χ1) is 9.11. The molecule has 19 heavy (non-hydrogen) atoms. The summed E-state index contributed by atoms with van der Waals surface area (Å²) in [7, 11) is 2.03. The van der Waals surface area contributed by atoms with Crippen LogP contribution in [0.4, 0.5) is 11.6 Å². The molecule has 2 N–H and O–H groups in total. The molecule has 0 amide bonds. The standard InChI is InChI=1S/C14H25N5/c1-11-4-6-19(7-5-11)14-8-13(16-10-17-14)18(3)12(2)9-15/h8,10-12H,4-7,9,15H2,1-3H3. The van der Waals surface area contributed by atoms with Gasteiger partial charge in [0.2, 0.25) is 0 Å². The topological polar surface area (TPSA) is 58.3 Å². The Kier molecular flexibility index (Phi) is 4.58.